The molecule has 2 rings (SSSR count). The second kappa shape index (κ2) is 14.3. The third kappa shape index (κ3) is 9.89. The number of rotatable bonds is 9. The SMILES string of the molecule is CCCCN1CCC(NC(=NC)NCCS(=O)Cc2ccccc2)CC1.I. The molecule has 1 aromatic rings. The van der Waals surface area contributed by atoms with Crippen molar-refractivity contribution in [2.24, 2.45) is 4.99 Å². The maximum atomic E-state index is 12.2. The Hall–Kier alpha value is -0.670. The van der Waals surface area contributed by atoms with Gasteiger partial charge in [0, 0.05) is 55.0 Å². The van der Waals surface area contributed by atoms with Crippen molar-refractivity contribution in [3.05, 3.63) is 35.9 Å². The van der Waals surface area contributed by atoms with Crippen LogP contribution >= 0.6 is 24.0 Å². The molecule has 0 saturated carbocycles. The van der Waals surface area contributed by atoms with Gasteiger partial charge in [0.05, 0.1) is 0 Å². The van der Waals surface area contributed by atoms with Crippen molar-refractivity contribution in [2.45, 2.75) is 44.4 Å². The third-order valence-electron chi connectivity index (χ3n) is 4.77. The molecule has 7 heteroatoms. The number of likely N-dealkylation sites (tertiary alicyclic amines) is 1. The Morgan fingerprint density at radius 2 is 1.96 bits per heavy atom. The lowest BCUT2D eigenvalue weighted by atomic mass is 10.0. The molecule has 1 aliphatic rings. The summed E-state index contributed by atoms with van der Waals surface area (Å²) in [6.45, 7) is 6.47. The maximum absolute atomic E-state index is 12.2. The van der Waals surface area contributed by atoms with Crippen LogP contribution in [0.2, 0.25) is 0 Å². The lowest BCUT2D eigenvalue weighted by molar-refractivity contribution is 0.203. The average Bonchev–Trinajstić information content (AvgIpc) is 2.67. The van der Waals surface area contributed by atoms with Crippen LogP contribution in [0.3, 0.4) is 0 Å². The number of aliphatic imine (C=N–C) groups is 1. The molecule has 0 aliphatic carbocycles. The van der Waals surface area contributed by atoms with E-state index in [4.69, 9.17) is 0 Å². The molecule has 1 unspecified atom stereocenters. The predicted molar refractivity (Wildman–Crippen MR) is 127 cm³/mol. The second-order valence-corrected chi connectivity index (χ2v) is 8.46. The first-order valence-corrected chi connectivity index (χ1v) is 11.3. The van der Waals surface area contributed by atoms with Crippen molar-refractivity contribution < 1.29 is 4.21 Å². The second-order valence-electron chi connectivity index (χ2n) is 6.89. The molecule has 1 aromatic carbocycles. The molecule has 1 aliphatic heterocycles. The fourth-order valence-electron chi connectivity index (χ4n) is 3.19. The highest BCUT2D eigenvalue weighted by Gasteiger charge is 2.19. The molecule has 2 N–H and O–H groups in total. The van der Waals surface area contributed by atoms with Gasteiger partial charge in [0.25, 0.3) is 0 Å². The van der Waals surface area contributed by atoms with E-state index < -0.39 is 10.8 Å². The number of halogens is 1. The van der Waals surface area contributed by atoms with Gasteiger partial charge in [0.1, 0.15) is 0 Å². The van der Waals surface area contributed by atoms with E-state index in [0.29, 0.717) is 24.1 Å². The highest BCUT2D eigenvalue weighted by atomic mass is 127. The molecule has 27 heavy (non-hydrogen) atoms. The van der Waals surface area contributed by atoms with Gasteiger partial charge in [-0.3, -0.25) is 9.20 Å². The summed E-state index contributed by atoms with van der Waals surface area (Å²) in [6.07, 6.45) is 4.87. The normalized spacial score (nSPS) is 17.2. The van der Waals surface area contributed by atoms with Gasteiger partial charge in [0.15, 0.2) is 5.96 Å². The molecule has 5 nitrogen and oxygen atoms in total. The number of benzene rings is 1. The summed E-state index contributed by atoms with van der Waals surface area (Å²) in [5.41, 5.74) is 1.13. The Morgan fingerprint density at radius 1 is 1.26 bits per heavy atom. The standard InChI is InChI=1S/C20H34N4OS.HI/c1-3-4-13-24-14-10-19(11-15-24)23-20(21-2)22-12-16-26(25)17-18-8-6-5-7-9-18;/h5-9,19H,3-4,10-17H2,1-2H3,(H2,21,22,23);1H. The van der Waals surface area contributed by atoms with E-state index in [-0.39, 0.29) is 24.0 Å². The van der Waals surface area contributed by atoms with E-state index >= 15 is 0 Å². The monoisotopic (exact) mass is 506 g/mol. The maximum Gasteiger partial charge on any atom is 0.191 e. The zero-order chi connectivity index (χ0) is 18.6. The molecule has 1 saturated heterocycles. The summed E-state index contributed by atoms with van der Waals surface area (Å²) in [5.74, 6) is 2.07. The number of hydrogen-bond donors (Lipinski definition) is 2. The van der Waals surface area contributed by atoms with E-state index in [1.807, 2.05) is 30.3 Å². The quantitative estimate of drug-likeness (QED) is 0.307. The van der Waals surface area contributed by atoms with Gasteiger partial charge in [-0.1, -0.05) is 43.7 Å². The molecule has 1 fully saturated rings. The zero-order valence-corrected chi connectivity index (χ0v) is 19.8. The van der Waals surface area contributed by atoms with Crippen LogP contribution in [0.15, 0.2) is 35.3 Å². The van der Waals surface area contributed by atoms with E-state index in [2.05, 4.69) is 27.4 Å². The molecule has 0 radical (unpaired) electrons. The van der Waals surface area contributed by atoms with Crippen molar-refractivity contribution in [1.29, 1.82) is 0 Å². The smallest absolute Gasteiger partial charge is 0.191 e. The first-order valence-electron chi connectivity index (χ1n) is 9.79. The van der Waals surface area contributed by atoms with Gasteiger partial charge < -0.3 is 15.5 Å². The highest BCUT2D eigenvalue weighted by Crippen LogP contribution is 2.11. The van der Waals surface area contributed by atoms with Crippen molar-refractivity contribution in [3.8, 4) is 0 Å². The van der Waals surface area contributed by atoms with Crippen LogP contribution in [0, 0.1) is 0 Å². The van der Waals surface area contributed by atoms with Crippen molar-refractivity contribution in [3.63, 3.8) is 0 Å². The predicted octanol–water partition coefficient (Wildman–Crippen LogP) is 2.98. The van der Waals surface area contributed by atoms with Crippen LogP contribution in [0.4, 0.5) is 0 Å². The van der Waals surface area contributed by atoms with Crippen molar-refractivity contribution >= 4 is 40.7 Å². The van der Waals surface area contributed by atoms with Crippen LogP contribution in [0.1, 0.15) is 38.2 Å². The molecule has 0 amide bonds. The number of nitrogens with zero attached hydrogens (tertiary/aromatic N) is 2. The Morgan fingerprint density at radius 3 is 2.59 bits per heavy atom. The van der Waals surface area contributed by atoms with Gasteiger partial charge in [0.2, 0.25) is 0 Å². The van der Waals surface area contributed by atoms with Crippen molar-refractivity contribution in [1.82, 2.24) is 15.5 Å². The largest absolute Gasteiger partial charge is 0.355 e. The minimum absolute atomic E-state index is 0. The lowest BCUT2D eigenvalue weighted by Crippen LogP contribution is -2.49. The molecular formula is C20H35IN4OS. The molecular weight excluding hydrogens is 471 g/mol. The fraction of sp³-hybridized carbons (Fsp3) is 0.650. The van der Waals surface area contributed by atoms with E-state index in [0.717, 1.165) is 37.5 Å². The summed E-state index contributed by atoms with van der Waals surface area (Å²) in [7, 11) is 0.942. The topological polar surface area (TPSA) is 56.7 Å². The molecule has 0 bridgehead atoms. The van der Waals surface area contributed by atoms with Gasteiger partial charge in [-0.05, 0) is 31.4 Å². The fourth-order valence-corrected chi connectivity index (χ4v) is 4.22. The number of nitrogens with one attached hydrogen (secondary N) is 2. The summed E-state index contributed by atoms with van der Waals surface area (Å²) < 4.78 is 12.2. The van der Waals surface area contributed by atoms with Crippen LogP contribution in [-0.4, -0.2) is 60.1 Å². The summed E-state index contributed by atoms with van der Waals surface area (Å²) in [4.78, 5) is 6.87. The Kier molecular flexibility index (Phi) is 12.9. The third-order valence-corrected chi connectivity index (χ3v) is 6.09. The lowest BCUT2D eigenvalue weighted by Gasteiger charge is -2.33. The minimum Gasteiger partial charge on any atom is -0.355 e. The van der Waals surface area contributed by atoms with E-state index in [1.165, 1.54) is 19.4 Å². The molecule has 154 valence electrons. The van der Waals surface area contributed by atoms with E-state index in [9.17, 15) is 4.21 Å². The van der Waals surface area contributed by atoms with Crippen LogP contribution in [0.25, 0.3) is 0 Å². The highest BCUT2D eigenvalue weighted by molar-refractivity contribution is 14.0. The Bertz CT molecular complexity index is 562. The number of guanidine groups is 1. The van der Waals surface area contributed by atoms with Crippen LogP contribution < -0.4 is 10.6 Å². The van der Waals surface area contributed by atoms with E-state index in [1.54, 1.807) is 7.05 Å². The molecule has 0 aromatic heterocycles. The van der Waals surface area contributed by atoms with Crippen molar-refractivity contribution in [2.75, 3.05) is 39.0 Å². The van der Waals surface area contributed by atoms with Gasteiger partial charge >= 0.3 is 0 Å². The summed E-state index contributed by atoms with van der Waals surface area (Å²) in [6, 6.07) is 10.5. The van der Waals surface area contributed by atoms with Gasteiger partial charge in [-0.15, -0.1) is 24.0 Å². The van der Waals surface area contributed by atoms with Gasteiger partial charge in [-0.25, -0.2) is 0 Å². The average molecular weight is 506 g/mol. The van der Waals surface area contributed by atoms with Gasteiger partial charge in [-0.2, -0.15) is 0 Å². The van der Waals surface area contributed by atoms with Crippen LogP contribution in [0.5, 0.6) is 0 Å². The summed E-state index contributed by atoms with van der Waals surface area (Å²) >= 11 is 0. The Labute approximate surface area is 184 Å². The first-order chi connectivity index (χ1) is 12.7. The molecule has 0 spiro atoms. The number of hydrogen-bond acceptors (Lipinski definition) is 3. The molecule has 1 atom stereocenters. The first kappa shape index (κ1) is 24.4. The minimum atomic E-state index is -0.856. The number of piperidine rings is 1. The van der Waals surface area contributed by atoms with Crippen LogP contribution in [-0.2, 0) is 16.6 Å². The zero-order valence-electron chi connectivity index (χ0n) is 16.7. The summed E-state index contributed by atoms with van der Waals surface area (Å²) in [5, 5.41) is 6.83. The molecule has 1 heterocycles. The Balaban J connectivity index is 0.00000364. The number of unbranched alkanes of at least 4 members (excludes halogenated alkanes) is 1.